The monoisotopic (exact) mass is 192 g/mol. The normalized spacial score (nSPS) is 18.6. The molecule has 0 aliphatic carbocycles. The van der Waals surface area contributed by atoms with E-state index in [-0.39, 0.29) is 0 Å². The van der Waals surface area contributed by atoms with Crippen molar-refractivity contribution in [1.29, 1.82) is 0 Å². The van der Waals surface area contributed by atoms with E-state index in [0.717, 1.165) is 18.8 Å². The molecule has 14 heavy (non-hydrogen) atoms. The summed E-state index contributed by atoms with van der Waals surface area (Å²) >= 11 is 0. The Hall–Kier alpha value is -1.09. The average molecular weight is 192 g/mol. The van der Waals surface area contributed by atoms with Crippen molar-refractivity contribution in [3.8, 4) is 0 Å². The summed E-state index contributed by atoms with van der Waals surface area (Å²) in [5.41, 5.74) is 1.92. The van der Waals surface area contributed by atoms with Gasteiger partial charge in [0, 0.05) is 13.1 Å². The zero-order valence-electron chi connectivity index (χ0n) is 8.48. The van der Waals surface area contributed by atoms with Crippen LogP contribution in [0.4, 0.5) is 5.69 Å². The Morgan fingerprint density at radius 2 is 2.07 bits per heavy atom. The van der Waals surface area contributed by atoms with E-state index in [0.29, 0.717) is 0 Å². The van der Waals surface area contributed by atoms with Gasteiger partial charge in [0.2, 0.25) is 0 Å². The quantitative estimate of drug-likeness (QED) is 0.775. The van der Waals surface area contributed by atoms with Gasteiger partial charge in [-0.3, -0.25) is 4.98 Å². The van der Waals surface area contributed by atoms with E-state index in [1.54, 1.807) is 6.92 Å². The molecule has 0 saturated carbocycles. The van der Waals surface area contributed by atoms with Gasteiger partial charge in [0.1, 0.15) is 0 Å². The summed E-state index contributed by atoms with van der Waals surface area (Å²) in [6.07, 6.45) is 3.94. The Morgan fingerprint density at radius 3 is 2.57 bits per heavy atom. The van der Waals surface area contributed by atoms with Crippen molar-refractivity contribution < 1.29 is 5.11 Å². The molecule has 1 aromatic rings. The molecule has 0 amide bonds. The largest absolute Gasteiger partial charge is 0.387 e. The second-order valence-corrected chi connectivity index (χ2v) is 3.81. The van der Waals surface area contributed by atoms with Crippen LogP contribution in [0.3, 0.4) is 0 Å². The molecule has 1 aliphatic rings. The fraction of sp³-hybridized carbons (Fsp3) is 0.545. The molecule has 2 heterocycles. The Balaban J connectivity index is 2.12. The van der Waals surface area contributed by atoms with Crippen molar-refractivity contribution in [2.24, 2.45) is 0 Å². The Morgan fingerprint density at radius 1 is 1.36 bits per heavy atom. The van der Waals surface area contributed by atoms with Crippen LogP contribution >= 0.6 is 0 Å². The number of hydrogen-bond acceptors (Lipinski definition) is 3. The summed E-state index contributed by atoms with van der Waals surface area (Å²) in [6, 6.07) is 3.94. The van der Waals surface area contributed by atoms with Crippen molar-refractivity contribution >= 4 is 5.69 Å². The van der Waals surface area contributed by atoms with Gasteiger partial charge < -0.3 is 10.0 Å². The number of aromatic nitrogens is 1. The van der Waals surface area contributed by atoms with Gasteiger partial charge in [-0.05, 0) is 31.9 Å². The summed E-state index contributed by atoms with van der Waals surface area (Å²) in [5, 5.41) is 9.30. The molecule has 3 nitrogen and oxygen atoms in total. The summed E-state index contributed by atoms with van der Waals surface area (Å²) < 4.78 is 0. The molecule has 1 aliphatic heterocycles. The van der Waals surface area contributed by atoms with Gasteiger partial charge in [0.05, 0.1) is 23.7 Å². The zero-order valence-corrected chi connectivity index (χ0v) is 8.48. The Kier molecular flexibility index (Phi) is 2.68. The zero-order chi connectivity index (χ0) is 9.97. The van der Waals surface area contributed by atoms with Crippen molar-refractivity contribution in [3.05, 3.63) is 24.0 Å². The molecule has 1 aromatic heterocycles. The average Bonchev–Trinajstić information content (AvgIpc) is 2.71. The lowest BCUT2D eigenvalue weighted by atomic mass is 10.2. The second-order valence-electron chi connectivity index (χ2n) is 3.81. The number of nitrogens with zero attached hydrogens (tertiary/aromatic N) is 2. The lowest BCUT2D eigenvalue weighted by Gasteiger charge is -2.17. The van der Waals surface area contributed by atoms with Gasteiger partial charge in [-0.15, -0.1) is 0 Å². The molecule has 1 N–H and O–H groups in total. The van der Waals surface area contributed by atoms with E-state index in [1.807, 2.05) is 18.3 Å². The van der Waals surface area contributed by atoms with E-state index in [4.69, 9.17) is 0 Å². The third-order valence-electron chi connectivity index (χ3n) is 2.67. The molecule has 0 spiro atoms. The van der Waals surface area contributed by atoms with Crippen LogP contribution in [-0.2, 0) is 0 Å². The standard InChI is InChI=1S/C11H16N2O/c1-9(14)11-5-4-10(8-12-11)13-6-2-3-7-13/h4-5,8-9,14H,2-3,6-7H2,1H3/t9-/m0/s1. The maximum absolute atomic E-state index is 9.30. The molecule has 0 radical (unpaired) electrons. The Bertz CT molecular complexity index is 289. The first-order valence-electron chi connectivity index (χ1n) is 5.16. The number of anilines is 1. The molecule has 2 rings (SSSR count). The molecular weight excluding hydrogens is 176 g/mol. The molecule has 1 atom stereocenters. The molecule has 76 valence electrons. The van der Waals surface area contributed by atoms with Crippen molar-refractivity contribution in [3.63, 3.8) is 0 Å². The highest BCUT2D eigenvalue weighted by Gasteiger charge is 2.12. The van der Waals surface area contributed by atoms with Crippen molar-refractivity contribution in [1.82, 2.24) is 4.98 Å². The van der Waals surface area contributed by atoms with Crippen LogP contribution in [0.5, 0.6) is 0 Å². The maximum Gasteiger partial charge on any atom is 0.0931 e. The smallest absolute Gasteiger partial charge is 0.0931 e. The predicted molar refractivity (Wildman–Crippen MR) is 56.3 cm³/mol. The third kappa shape index (κ3) is 1.87. The van der Waals surface area contributed by atoms with Gasteiger partial charge in [0.15, 0.2) is 0 Å². The van der Waals surface area contributed by atoms with Crippen LogP contribution in [0, 0.1) is 0 Å². The van der Waals surface area contributed by atoms with E-state index >= 15 is 0 Å². The highest BCUT2D eigenvalue weighted by atomic mass is 16.3. The molecule has 0 unspecified atom stereocenters. The summed E-state index contributed by atoms with van der Waals surface area (Å²) in [4.78, 5) is 6.56. The lowest BCUT2D eigenvalue weighted by molar-refractivity contribution is 0.194. The second kappa shape index (κ2) is 3.96. The minimum absolute atomic E-state index is 0.470. The van der Waals surface area contributed by atoms with Gasteiger partial charge >= 0.3 is 0 Å². The number of aliphatic hydroxyl groups is 1. The number of aliphatic hydroxyl groups excluding tert-OH is 1. The SMILES string of the molecule is C[C@H](O)c1ccc(N2CCCC2)cn1. The molecule has 0 aromatic carbocycles. The highest BCUT2D eigenvalue weighted by Crippen LogP contribution is 2.20. The van der Waals surface area contributed by atoms with E-state index in [9.17, 15) is 5.11 Å². The molecular formula is C11H16N2O. The van der Waals surface area contributed by atoms with Gasteiger partial charge in [0.25, 0.3) is 0 Å². The van der Waals surface area contributed by atoms with Gasteiger partial charge in [-0.25, -0.2) is 0 Å². The Labute approximate surface area is 84.4 Å². The first-order chi connectivity index (χ1) is 6.77. The predicted octanol–water partition coefficient (Wildman–Crippen LogP) is 1.74. The van der Waals surface area contributed by atoms with Crippen LogP contribution in [0.2, 0.25) is 0 Å². The summed E-state index contributed by atoms with van der Waals surface area (Å²) in [6.45, 7) is 4.00. The first kappa shape index (κ1) is 9.46. The number of pyridine rings is 1. The van der Waals surface area contributed by atoms with E-state index in [2.05, 4.69) is 9.88 Å². The fourth-order valence-electron chi connectivity index (χ4n) is 1.81. The van der Waals surface area contributed by atoms with E-state index in [1.165, 1.54) is 18.5 Å². The van der Waals surface area contributed by atoms with Gasteiger partial charge in [-0.1, -0.05) is 0 Å². The highest BCUT2D eigenvalue weighted by molar-refractivity contribution is 5.45. The van der Waals surface area contributed by atoms with Crippen LogP contribution < -0.4 is 4.90 Å². The number of hydrogen-bond donors (Lipinski definition) is 1. The topological polar surface area (TPSA) is 36.4 Å². The van der Waals surface area contributed by atoms with Gasteiger partial charge in [-0.2, -0.15) is 0 Å². The first-order valence-corrected chi connectivity index (χ1v) is 5.16. The van der Waals surface area contributed by atoms with Crippen LogP contribution in [0.25, 0.3) is 0 Å². The fourth-order valence-corrected chi connectivity index (χ4v) is 1.81. The summed E-state index contributed by atoms with van der Waals surface area (Å²) in [7, 11) is 0. The van der Waals surface area contributed by atoms with Crippen LogP contribution in [-0.4, -0.2) is 23.2 Å². The van der Waals surface area contributed by atoms with Crippen LogP contribution in [0.1, 0.15) is 31.6 Å². The van der Waals surface area contributed by atoms with Crippen molar-refractivity contribution in [2.75, 3.05) is 18.0 Å². The maximum atomic E-state index is 9.30. The third-order valence-corrected chi connectivity index (χ3v) is 2.67. The molecule has 3 heteroatoms. The molecule has 1 fully saturated rings. The van der Waals surface area contributed by atoms with E-state index < -0.39 is 6.10 Å². The summed E-state index contributed by atoms with van der Waals surface area (Å²) in [5.74, 6) is 0. The number of rotatable bonds is 2. The minimum atomic E-state index is -0.470. The molecule has 1 saturated heterocycles. The van der Waals surface area contributed by atoms with Crippen LogP contribution in [0.15, 0.2) is 18.3 Å². The minimum Gasteiger partial charge on any atom is -0.387 e. The van der Waals surface area contributed by atoms with Crippen molar-refractivity contribution in [2.45, 2.75) is 25.9 Å². The lowest BCUT2D eigenvalue weighted by Crippen LogP contribution is -2.17. The molecule has 0 bridgehead atoms.